The number of aryl methyl sites for hydroxylation is 1. The zero-order chi connectivity index (χ0) is 22.2. The summed E-state index contributed by atoms with van der Waals surface area (Å²) in [4.78, 5) is 27.2. The molecule has 3 heterocycles. The largest absolute Gasteiger partial charge is 0.481 e. The molecule has 4 rings (SSSR count). The molecule has 0 spiro atoms. The SMILES string of the molecule is COc1ccc(-c2cc3c(C)nc(N)nc3[nH]c2=O)cn1.OCCOC1CCCCC1. The van der Waals surface area contributed by atoms with Crippen LogP contribution in [0.15, 0.2) is 29.2 Å². The lowest BCUT2D eigenvalue weighted by Crippen LogP contribution is -2.18. The number of fused-ring (bicyclic) bond motifs is 1. The summed E-state index contributed by atoms with van der Waals surface area (Å²) in [6.45, 7) is 2.50. The second kappa shape index (κ2) is 10.8. The lowest BCUT2D eigenvalue weighted by atomic mass is 9.98. The van der Waals surface area contributed by atoms with Crippen molar-refractivity contribution in [2.24, 2.45) is 0 Å². The standard InChI is InChI=1S/C14H13N5O2.C8H16O2/c1-7-9-5-10(8-3-4-11(21-2)16-6-8)13(20)18-12(9)19-14(15)17-7;9-6-7-10-8-4-2-1-3-5-8/h3-6H,1-2H3,(H3,15,17,18,19,20);8-9H,1-7H2. The van der Waals surface area contributed by atoms with E-state index in [1.165, 1.54) is 39.2 Å². The number of anilines is 1. The number of hydrogen-bond acceptors (Lipinski definition) is 8. The Labute approximate surface area is 180 Å². The van der Waals surface area contributed by atoms with E-state index in [0.717, 1.165) is 5.39 Å². The Balaban J connectivity index is 0.000000229. The number of aliphatic hydroxyl groups excluding tert-OH is 1. The van der Waals surface area contributed by atoms with Crippen molar-refractivity contribution in [3.05, 3.63) is 40.4 Å². The molecule has 3 aromatic heterocycles. The zero-order valence-corrected chi connectivity index (χ0v) is 17.9. The van der Waals surface area contributed by atoms with Gasteiger partial charge >= 0.3 is 0 Å². The Bertz CT molecular complexity index is 1050. The summed E-state index contributed by atoms with van der Waals surface area (Å²) in [5.74, 6) is 0.623. The van der Waals surface area contributed by atoms with Gasteiger partial charge in [0.25, 0.3) is 5.56 Å². The molecule has 0 unspecified atom stereocenters. The second-order valence-corrected chi connectivity index (χ2v) is 7.39. The molecule has 4 N–H and O–H groups in total. The fraction of sp³-hybridized carbons (Fsp3) is 0.455. The number of nitrogens with one attached hydrogen (secondary N) is 1. The maximum absolute atomic E-state index is 12.2. The van der Waals surface area contributed by atoms with E-state index in [1.807, 2.05) is 6.92 Å². The normalized spacial score (nSPS) is 14.2. The predicted octanol–water partition coefficient (Wildman–Crippen LogP) is 2.61. The van der Waals surface area contributed by atoms with Gasteiger partial charge in [-0.15, -0.1) is 0 Å². The van der Waals surface area contributed by atoms with Crippen molar-refractivity contribution < 1.29 is 14.6 Å². The topological polar surface area (TPSA) is 136 Å². The number of rotatable bonds is 5. The maximum Gasteiger partial charge on any atom is 0.257 e. The van der Waals surface area contributed by atoms with Gasteiger partial charge in [0.2, 0.25) is 11.8 Å². The van der Waals surface area contributed by atoms with E-state index in [1.54, 1.807) is 24.4 Å². The predicted molar refractivity (Wildman–Crippen MR) is 119 cm³/mol. The molecule has 166 valence electrons. The number of aromatic amines is 1. The third kappa shape index (κ3) is 5.99. The van der Waals surface area contributed by atoms with Gasteiger partial charge in [0.15, 0.2) is 0 Å². The summed E-state index contributed by atoms with van der Waals surface area (Å²) >= 11 is 0. The first-order valence-electron chi connectivity index (χ1n) is 10.4. The summed E-state index contributed by atoms with van der Waals surface area (Å²) < 4.78 is 10.4. The summed E-state index contributed by atoms with van der Waals surface area (Å²) in [5.41, 5.74) is 7.65. The molecular weight excluding hydrogens is 398 g/mol. The van der Waals surface area contributed by atoms with E-state index in [9.17, 15) is 4.79 Å². The number of nitrogens with zero attached hydrogens (tertiary/aromatic N) is 3. The van der Waals surface area contributed by atoms with Crippen molar-refractivity contribution in [3.8, 4) is 17.0 Å². The number of nitrogens with two attached hydrogens (primary N) is 1. The van der Waals surface area contributed by atoms with Crippen molar-refractivity contribution in [2.75, 3.05) is 26.1 Å². The highest BCUT2D eigenvalue weighted by atomic mass is 16.5. The van der Waals surface area contributed by atoms with Gasteiger partial charge in [-0.1, -0.05) is 19.3 Å². The minimum atomic E-state index is -0.257. The molecule has 0 atom stereocenters. The van der Waals surface area contributed by atoms with E-state index in [-0.39, 0.29) is 18.1 Å². The Morgan fingerprint density at radius 1 is 1.23 bits per heavy atom. The average molecular weight is 428 g/mol. The number of hydrogen-bond donors (Lipinski definition) is 3. The van der Waals surface area contributed by atoms with Crippen molar-refractivity contribution in [2.45, 2.75) is 45.1 Å². The minimum Gasteiger partial charge on any atom is -0.481 e. The smallest absolute Gasteiger partial charge is 0.257 e. The van der Waals surface area contributed by atoms with Crippen LogP contribution in [0.3, 0.4) is 0 Å². The van der Waals surface area contributed by atoms with Crippen LogP contribution in [0.2, 0.25) is 0 Å². The van der Waals surface area contributed by atoms with Gasteiger partial charge in [0, 0.05) is 28.8 Å². The highest BCUT2D eigenvalue weighted by Crippen LogP contribution is 2.22. The fourth-order valence-electron chi connectivity index (χ4n) is 3.58. The molecule has 9 nitrogen and oxygen atoms in total. The van der Waals surface area contributed by atoms with E-state index in [0.29, 0.717) is 41.1 Å². The molecule has 1 aliphatic rings. The van der Waals surface area contributed by atoms with Crippen molar-refractivity contribution in [1.82, 2.24) is 19.9 Å². The monoisotopic (exact) mass is 427 g/mol. The molecule has 3 aromatic rings. The van der Waals surface area contributed by atoms with Crippen LogP contribution in [0.4, 0.5) is 5.95 Å². The molecule has 0 amide bonds. The molecule has 0 aliphatic heterocycles. The molecule has 9 heteroatoms. The minimum absolute atomic E-state index is 0.134. The van der Waals surface area contributed by atoms with Gasteiger partial charge in [-0.2, -0.15) is 4.98 Å². The zero-order valence-electron chi connectivity index (χ0n) is 17.9. The second-order valence-electron chi connectivity index (χ2n) is 7.39. The first-order chi connectivity index (χ1) is 15.0. The molecule has 0 saturated heterocycles. The Kier molecular flexibility index (Phi) is 7.91. The van der Waals surface area contributed by atoms with Crippen LogP contribution in [-0.4, -0.2) is 51.5 Å². The Morgan fingerprint density at radius 3 is 2.65 bits per heavy atom. The number of aliphatic hydroxyl groups is 1. The molecule has 1 fully saturated rings. The number of pyridine rings is 2. The number of ether oxygens (including phenoxy) is 2. The molecule has 0 aromatic carbocycles. The highest BCUT2D eigenvalue weighted by molar-refractivity contribution is 5.83. The molecule has 1 aliphatic carbocycles. The lowest BCUT2D eigenvalue weighted by molar-refractivity contribution is 0.00882. The van der Waals surface area contributed by atoms with Crippen LogP contribution in [0.1, 0.15) is 37.8 Å². The number of aromatic nitrogens is 4. The number of nitrogen functional groups attached to an aromatic ring is 1. The molecule has 0 radical (unpaired) electrons. The molecule has 0 bridgehead atoms. The lowest BCUT2D eigenvalue weighted by Gasteiger charge is -2.21. The van der Waals surface area contributed by atoms with Gasteiger partial charge in [-0.3, -0.25) is 4.79 Å². The Hall–Kier alpha value is -3.04. The maximum atomic E-state index is 12.2. The van der Waals surface area contributed by atoms with Gasteiger partial charge in [0.05, 0.1) is 32.1 Å². The quantitative estimate of drug-likeness (QED) is 0.565. The highest BCUT2D eigenvalue weighted by Gasteiger charge is 2.12. The molecular formula is C22H29N5O4. The van der Waals surface area contributed by atoms with Gasteiger partial charge in [-0.25, -0.2) is 9.97 Å². The number of H-pyrrole nitrogens is 1. The van der Waals surface area contributed by atoms with E-state index >= 15 is 0 Å². The molecule has 31 heavy (non-hydrogen) atoms. The van der Waals surface area contributed by atoms with Gasteiger partial charge in [0.1, 0.15) is 5.65 Å². The van der Waals surface area contributed by atoms with Crippen LogP contribution in [0.5, 0.6) is 5.88 Å². The van der Waals surface area contributed by atoms with Crippen molar-refractivity contribution >= 4 is 17.0 Å². The van der Waals surface area contributed by atoms with E-state index in [4.69, 9.17) is 20.3 Å². The molecule has 1 saturated carbocycles. The Morgan fingerprint density at radius 2 is 2.00 bits per heavy atom. The van der Waals surface area contributed by atoms with E-state index in [2.05, 4.69) is 19.9 Å². The van der Waals surface area contributed by atoms with Crippen LogP contribution >= 0.6 is 0 Å². The summed E-state index contributed by atoms with van der Waals surface area (Å²) in [7, 11) is 1.54. The third-order valence-corrected chi connectivity index (χ3v) is 5.17. The van der Waals surface area contributed by atoms with Gasteiger partial charge < -0.3 is 25.3 Å². The average Bonchev–Trinajstić information content (AvgIpc) is 2.78. The third-order valence-electron chi connectivity index (χ3n) is 5.17. The number of methoxy groups -OCH3 is 1. The summed E-state index contributed by atoms with van der Waals surface area (Å²) in [6.07, 6.45) is 8.38. The summed E-state index contributed by atoms with van der Waals surface area (Å²) in [5, 5.41) is 9.22. The first-order valence-corrected chi connectivity index (χ1v) is 10.4. The van der Waals surface area contributed by atoms with Crippen molar-refractivity contribution in [1.29, 1.82) is 0 Å². The fourth-order valence-corrected chi connectivity index (χ4v) is 3.58. The van der Waals surface area contributed by atoms with Crippen LogP contribution < -0.4 is 16.0 Å². The van der Waals surface area contributed by atoms with Crippen molar-refractivity contribution in [3.63, 3.8) is 0 Å². The van der Waals surface area contributed by atoms with Crippen LogP contribution in [0.25, 0.3) is 22.2 Å². The van der Waals surface area contributed by atoms with Crippen LogP contribution in [0, 0.1) is 6.92 Å². The van der Waals surface area contributed by atoms with Crippen LogP contribution in [-0.2, 0) is 4.74 Å². The first kappa shape index (κ1) is 22.6. The van der Waals surface area contributed by atoms with Gasteiger partial charge in [-0.05, 0) is 31.9 Å². The van der Waals surface area contributed by atoms with E-state index < -0.39 is 0 Å². The summed E-state index contributed by atoms with van der Waals surface area (Å²) in [6, 6.07) is 5.22.